The molecule has 0 fully saturated rings. The van der Waals surface area contributed by atoms with E-state index in [9.17, 15) is 132 Å². The Balaban J connectivity index is 1.59. The lowest BCUT2D eigenvalue weighted by atomic mass is 10.0. The normalized spacial score (nSPS) is 14.1. The lowest BCUT2D eigenvalue weighted by molar-refractivity contribution is -0.144. The summed E-state index contributed by atoms with van der Waals surface area (Å²) in [6.45, 7) is 3.62. The summed E-state index contributed by atoms with van der Waals surface area (Å²) in [7, 11) is 0. The summed E-state index contributed by atoms with van der Waals surface area (Å²) in [6, 6.07) is -0.608. The molecule has 0 spiro atoms. The fourth-order valence-electron chi connectivity index (χ4n) is 11.4. The fraction of sp³-hybridized carbons (Fsp3) is 0.473. The number of hydrogen-bond donors (Lipinski definition) is 22. The molecule has 0 radical (unpaired) electrons. The number of nitrogens with two attached hydrogens (primary N) is 1. The first-order valence-electron chi connectivity index (χ1n) is 36.5. The Kier molecular flexibility index (Phi) is 39.8. The molecule has 0 bridgehead atoms. The van der Waals surface area contributed by atoms with Crippen molar-refractivity contribution in [1.82, 2.24) is 68.8 Å². The van der Waals surface area contributed by atoms with Gasteiger partial charge in [0.1, 0.15) is 72.2 Å². The van der Waals surface area contributed by atoms with Gasteiger partial charge in [-0.15, -0.1) is 0 Å². The maximum atomic E-state index is 14.6. The Morgan fingerprint density at radius 3 is 1.20 bits per heavy atom. The number of aromatic hydroxyl groups is 1. The molecule has 1 heterocycles. The lowest BCUT2D eigenvalue weighted by Gasteiger charge is -2.27. The summed E-state index contributed by atoms with van der Waals surface area (Å²) >= 11 is 1.24. The summed E-state index contributed by atoms with van der Waals surface area (Å²) < 4.78 is 0. The van der Waals surface area contributed by atoms with E-state index >= 15 is 0 Å². The monoisotopic (exact) mass is 1650 g/mol. The maximum Gasteiger partial charge on any atom is 0.326 e. The number of benzene rings is 3. The third-order valence-electron chi connectivity index (χ3n) is 17.5. The van der Waals surface area contributed by atoms with Crippen LogP contribution in [0.2, 0.25) is 0 Å². The highest BCUT2D eigenvalue weighted by Crippen LogP contribution is 2.21. The Labute approximate surface area is 667 Å². The van der Waals surface area contributed by atoms with Crippen molar-refractivity contribution >= 4 is 135 Å². The molecule has 0 aliphatic rings. The number of carboxylic acid groups (broad SMARTS) is 7. The number of aromatic amines is 1. The van der Waals surface area contributed by atoms with Crippen molar-refractivity contribution in [3.05, 3.63) is 102 Å². The Morgan fingerprint density at radius 1 is 0.388 bits per heavy atom. The van der Waals surface area contributed by atoms with Crippen molar-refractivity contribution in [2.75, 3.05) is 18.6 Å². The van der Waals surface area contributed by atoms with Gasteiger partial charge in [-0.3, -0.25) is 86.3 Å². The van der Waals surface area contributed by atoms with Crippen LogP contribution in [-0.4, -0.2) is 250 Å². The first kappa shape index (κ1) is 95.6. The standard InChI is InChI=1S/C74H98N14O27S/c1-37(2)30-44(75)64(104)80-47(19-24-58(93)94)67(107)82-49(21-26-60(97)98)69(109)84-50(22-27-61(99)100)70(110)83-48(20-25-59(95)96)68(108)81-46(18-23-57(91)92)66(106)78-38(3)63(103)86-52(31-40-14-16-42(89)17-15-40)65(105)77-36-56(90)79-53(33-41-35-76-45-13-9-8-12-43(41)45)72(112)85-51(28-29-116-4)71(111)87-54(34-62(101)102)73(113)88-55(74(114)115)32-39-10-6-5-7-11-39/h5-17,35,37-38,44,46-55,76,89H,18-34,36,75H2,1-4H3,(H,77,105)(H,78,106)(H,79,90)(H,80,104)(H,81,108)(H,82,107)(H,83,110)(H,84,109)(H,85,112)(H,86,103)(H,87,111)(H,88,113)(H,91,92)(H,93,94)(H,95,96)(H,97,98)(H,99,100)(H,101,102)(H,114,115)/t38-,44-,46-,47-,48-,49-,50-,51-,52-,53-,54-,55-/m0/s1. The third-order valence-corrected chi connectivity index (χ3v) is 18.2. The molecule has 632 valence electrons. The van der Waals surface area contributed by atoms with E-state index in [-0.39, 0.29) is 48.7 Å². The van der Waals surface area contributed by atoms with Gasteiger partial charge in [-0.25, -0.2) is 4.79 Å². The molecule has 23 N–H and O–H groups in total. The summed E-state index contributed by atoms with van der Waals surface area (Å²) in [5, 5.41) is 106. The van der Waals surface area contributed by atoms with Gasteiger partial charge in [0.05, 0.1) is 19.0 Å². The molecular weight excluding hydrogens is 1550 g/mol. The number of thioether (sulfide) groups is 1. The number of fused-ring (bicyclic) bond motifs is 1. The summed E-state index contributed by atoms with van der Waals surface area (Å²) in [5.41, 5.74) is 7.84. The maximum absolute atomic E-state index is 14.6. The molecule has 0 saturated heterocycles. The highest BCUT2D eigenvalue weighted by atomic mass is 32.2. The molecule has 41 nitrogen and oxygen atoms in total. The van der Waals surface area contributed by atoms with Crippen molar-refractivity contribution in [3.63, 3.8) is 0 Å². The van der Waals surface area contributed by atoms with E-state index in [1.165, 1.54) is 36.0 Å². The fourth-order valence-corrected chi connectivity index (χ4v) is 11.9. The molecule has 4 aromatic rings. The number of nitrogens with one attached hydrogen (secondary N) is 13. The van der Waals surface area contributed by atoms with Gasteiger partial charge in [0.2, 0.25) is 70.9 Å². The van der Waals surface area contributed by atoms with Crippen molar-refractivity contribution in [2.45, 2.75) is 196 Å². The Hall–Kier alpha value is -12.8. The van der Waals surface area contributed by atoms with Crippen LogP contribution in [0.5, 0.6) is 5.75 Å². The number of phenols is 1. The van der Waals surface area contributed by atoms with Crippen LogP contribution in [0.25, 0.3) is 10.9 Å². The third kappa shape index (κ3) is 34.7. The van der Waals surface area contributed by atoms with Crippen molar-refractivity contribution < 1.29 is 132 Å². The van der Waals surface area contributed by atoms with Gasteiger partial charge in [0, 0.05) is 68.5 Å². The van der Waals surface area contributed by atoms with Crippen LogP contribution in [0.1, 0.15) is 121 Å². The number of aliphatic carboxylic acids is 7. The van der Waals surface area contributed by atoms with Gasteiger partial charge in [0.25, 0.3) is 0 Å². The first-order valence-corrected chi connectivity index (χ1v) is 37.9. The zero-order valence-corrected chi connectivity index (χ0v) is 64.5. The summed E-state index contributed by atoms with van der Waals surface area (Å²) in [4.78, 5) is 255. The highest BCUT2D eigenvalue weighted by molar-refractivity contribution is 7.98. The van der Waals surface area contributed by atoms with E-state index in [0.717, 1.165) is 6.92 Å². The van der Waals surface area contributed by atoms with Gasteiger partial charge >= 0.3 is 41.8 Å². The Morgan fingerprint density at radius 2 is 0.759 bits per heavy atom. The number of carbonyl (C=O) groups is 19. The van der Waals surface area contributed by atoms with Crippen molar-refractivity contribution in [1.29, 1.82) is 0 Å². The van der Waals surface area contributed by atoms with E-state index in [2.05, 4.69) is 68.8 Å². The average molecular weight is 1650 g/mol. The molecule has 3 aromatic carbocycles. The molecular formula is C74H98N14O27S. The van der Waals surface area contributed by atoms with Crippen molar-refractivity contribution in [2.24, 2.45) is 11.7 Å². The summed E-state index contributed by atoms with van der Waals surface area (Å²) in [6.07, 6.45) is -6.73. The number of amides is 12. The SMILES string of the molecule is CSCC[C@H](NC(=O)[C@H](Cc1c[nH]c2ccccc12)NC(=O)CNC(=O)[C@H](Cc1ccc(O)cc1)NC(=O)[C@H](C)NC(=O)[C@H](CCC(=O)O)NC(=O)[C@H](CCC(=O)O)NC(=O)[C@H](CCC(=O)O)NC(=O)[C@H](CCC(=O)O)NC(=O)[C@H](CCC(=O)O)NC(=O)[C@@H](N)CC(C)C)C(=O)N[C@@H](CC(=O)O)C(=O)N[C@@H](Cc1ccccc1)C(=O)O. The molecule has 116 heavy (non-hydrogen) atoms. The molecule has 0 saturated carbocycles. The number of rotatable bonds is 53. The zero-order chi connectivity index (χ0) is 86.5. The second-order valence-electron chi connectivity index (χ2n) is 27.4. The lowest BCUT2D eigenvalue weighted by Crippen LogP contribution is -2.60. The zero-order valence-electron chi connectivity index (χ0n) is 63.6. The molecule has 12 amide bonds. The average Bonchev–Trinajstić information content (AvgIpc) is 1.66. The molecule has 0 unspecified atom stereocenters. The predicted octanol–water partition coefficient (Wildman–Crippen LogP) is -2.62. The molecule has 1 aromatic heterocycles. The number of carbonyl (C=O) groups excluding carboxylic acids is 12. The van der Waals surface area contributed by atoms with E-state index in [4.69, 9.17) is 5.73 Å². The van der Waals surface area contributed by atoms with Gasteiger partial charge < -0.3 is 115 Å². The number of H-pyrrole nitrogens is 1. The molecule has 4 rings (SSSR count). The van der Waals surface area contributed by atoms with Crippen LogP contribution < -0.4 is 69.5 Å². The predicted molar refractivity (Wildman–Crippen MR) is 409 cm³/mol. The van der Waals surface area contributed by atoms with Gasteiger partial charge in [-0.1, -0.05) is 74.5 Å². The minimum absolute atomic E-state index is 0.117. The number of aromatic nitrogens is 1. The van der Waals surface area contributed by atoms with Crippen molar-refractivity contribution in [3.8, 4) is 5.75 Å². The quantitative estimate of drug-likeness (QED) is 0.0215. The molecule has 42 heteroatoms. The molecule has 0 aliphatic carbocycles. The van der Waals surface area contributed by atoms with Crippen LogP contribution in [0, 0.1) is 5.92 Å². The second-order valence-corrected chi connectivity index (χ2v) is 28.3. The van der Waals surface area contributed by atoms with Gasteiger partial charge in [-0.2, -0.15) is 11.8 Å². The van der Waals surface area contributed by atoms with E-state index in [0.29, 0.717) is 22.0 Å². The van der Waals surface area contributed by atoms with E-state index < -0.39 is 269 Å². The van der Waals surface area contributed by atoms with Gasteiger partial charge in [0.15, 0.2) is 0 Å². The smallest absolute Gasteiger partial charge is 0.326 e. The van der Waals surface area contributed by atoms with E-state index in [1.54, 1.807) is 80.9 Å². The minimum atomic E-state index is -2.04. The minimum Gasteiger partial charge on any atom is -0.508 e. The van der Waals surface area contributed by atoms with Gasteiger partial charge in [-0.05, 0) is 105 Å². The second kappa shape index (κ2) is 48.3. The number of phenolic OH excluding ortho intramolecular Hbond substituents is 1. The summed E-state index contributed by atoms with van der Waals surface area (Å²) in [5.74, 6) is -24.9. The van der Waals surface area contributed by atoms with Crippen LogP contribution in [-0.2, 0) is 110 Å². The number of hydrogen-bond acceptors (Lipinski definition) is 22. The van der Waals surface area contributed by atoms with E-state index in [1.807, 2.05) is 0 Å². The van der Waals surface area contributed by atoms with Crippen LogP contribution in [0.4, 0.5) is 0 Å². The first-order chi connectivity index (χ1) is 54.7. The molecule has 0 aliphatic heterocycles. The molecule has 12 atom stereocenters. The number of carboxylic acids is 7. The number of para-hydroxylation sites is 1. The van der Waals surface area contributed by atoms with Crippen LogP contribution >= 0.6 is 11.8 Å². The highest BCUT2D eigenvalue weighted by Gasteiger charge is 2.38. The Bertz CT molecular complexity index is 4160. The topological polar surface area (TPSA) is 672 Å². The van der Waals surface area contributed by atoms with Crippen LogP contribution in [0.3, 0.4) is 0 Å². The van der Waals surface area contributed by atoms with Crippen LogP contribution in [0.15, 0.2) is 85.1 Å². The largest absolute Gasteiger partial charge is 0.508 e.